The molecule has 1 saturated heterocycles. The van der Waals surface area contributed by atoms with E-state index in [1.54, 1.807) is 7.05 Å². The number of rotatable bonds is 6. The van der Waals surface area contributed by atoms with Gasteiger partial charge in [-0.1, -0.05) is 11.6 Å². The number of nitrogens with one attached hydrogen (secondary N) is 1. The third-order valence-corrected chi connectivity index (χ3v) is 5.72. The molecule has 1 aromatic rings. The number of ether oxygens (including phenoxy) is 1. The van der Waals surface area contributed by atoms with Crippen LogP contribution in [0.15, 0.2) is 17.2 Å². The Bertz CT molecular complexity index is 603. The summed E-state index contributed by atoms with van der Waals surface area (Å²) in [6.07, 6.45) is 3.30. The predicted octanol–water partition coefficient (Wildman–Crippen LogP) is 2.21. The lowest BCUT2D eigenvalue weighted by molar-refractivity contribution is 0.0495. The molecule has 0 spiro atoms. The van der Waals surface area contributed by atoms with Gasteiger partial charge in [-0.2, -0.15) is 0 Å². The topological polar surface area (TPSA) is 71.5 Å². The molecule has 124 valence electrons. The zero-order chi connectivity index (χ0) is 16.2. The number of pyridine rings is 1. The number of halogens is 1. The molecule has 0 aliphatic carbocycles. The summed E-state index contributed by atoms with van der Waals surface area (Å²) in [5, 5.41) is 3.28. The third-order valence-electron chi connectivity index (χ3n) is 3.64. The minimum absolute atomic E-state index is 0.110. The molecule has 1 N–H and O–H groups in total. The quantitative estimate of drug-likeness (QED) is 0.854. The van der Waals surface area contributed by atoms with Gasteiger partial charge in [0.15, 0.2) is 0 Å². The van der Waals surface area contributed by atoms with Crippen molar-refractivity contribution in [1.29, 1.82) is 0 Å². The molecule has 0 aromatic carbocycles. The van der Waals surface area contributed by atoms with Gasteiger partial charge in [0.2, 0.25) is 10.0 Å². The van der Waals surface area contributed by atoms with Crippen LogP contribution in [0.1, 0.15) is 19.8 Å². The van der Waals surface area contributed by atoms with Crippen LogP contribution in [0.3, 0.4) is 0 Å². The maximum absolute atomic E-state index is 12.6. The van der Waals surface area contributed by atoms with Crippen LogP contribution in [0, 0.1) is 5.92 Å². The fraction of sp³-hybridized carbons (Fsp3) is 0.643. The van der Waals surface area contributed by atoms with E-state index in [1.165, 1.54) is 16.6 Å². The van der Waals surface area contributed by atoms with E-state index in [1.807, 2.05) is 6.92 Å². The second kappa shape index (κ2) is 7.59. The van der Waals surface area contributed by atoms with E-state index in [4.69, 9.17) is 16.3 Å². The molecule has 22 heavy (non-hydrogen) atoms. The van der Waals surface area contributed by atoms with Crippen molar-refractivity contribution in [2.45, 2.75) is 24.7 Å². The molecule has 1 fully saturated rings. The number of nitrogens with zero attached hydrogens (tertiary/aromatic N) is 2. The average Bonchev–Trinajstić information content (AvgIpc) is 2.50. The van der Waals surface area contributed by atoms with Crippen molar-refractivity contribution in [3.63, 3.8) is 0 Å². The van der Waals surface area contributed by atoms with E-state index in [2.05, 4.69) is 10.3 Å². The summed E-state index contributed by atoms with van der Waals surface area (Å²) in [4.78, 5) is 4.20. The number of anilines is 1. The summed E-state index contributed by atoms with van der Waals surface area (Å²) < 4.78 is 31.9. The molecule has 1 aliphatic heterocycles. The molecule has 8 heteroatoms. The van der Waals surface area contributed by atoms with Crippen LogP contribution >= 0.6 is 11.6 Å². The van der Waals surface area contributed by atoms with Crippen LogP contribution in [0.4, 0.5) is 5.82 Å². The Balaban J connectivity index is 2.12. The van der Waals surface area contributed by atoms with Gasteiger partial charge >= 0.3 is 0 Å². The highest BCUT2D eigenvalue weighted by Gasteiger charge is 2.26. The van der Waals surface area contributed by atoms with Gasteiger partial charge in [0.25, 0.3) is 0 Å². The molecule has 1 aliphatic rings. The van der Waals surface area contributed by atoms with Crippen LogP contribution in [-0.2, 0) is 14.8 Å². The second-order valence-electron chi connectivity index (χ2n) is 5.40. The van der Waals surface area contributed by atoms with E-state index < -0.39 is 10.0 Å². The zero-order valence-corrected chi connectivity index (χ0v) is 14.5. The lowest BCUT2D eigenvalue weighted by atomic mass is 10.0. The van der Waals surface area contributed by atoms with E-state index in [0.717, 1.165) is 19.4 Å². The predicted molar refractivity (Wildman–Crippen MR) is 86.8 cm³/mol. The Kier molecular flexibility index (Phi) is 6.02. The zero-order valence-electron chi connectivity index (χ0n) is 12.9. The summed E-state index contributed by atoms with van der Waals surface area (Å²) in [5.74, 6) is 0.726. The first-order valence-corrected chi connectivity index (χ1v) is 9.20. The highest BCUT2D eigenvalue weighted by atomic mass is 35.5. The minimum atomic E-state index is -3.59. The molecular formula is C14H22ClN3O3S. The van der Waals surface area contributed by atoms with Gasteiger partial charge in [-0.15, -0.1) is 0 Å². The number of aromatic nitrogens is 1. The summed E-state index contributed by atoms with van der Waals surface area (Å²) in [7, 11) is -2.01. The van der Waals surface area contributed by atoms with Gasteiger partial charge in [-0.3, -0.25) is 0 Å². The Morgan fingerprint density at radius 2 is 2.32 bits per heavy atom. The Hall–Kier alpha value is -0.890. The molecule has 2 heterocycles. The molecule has 1 unspecified atom stereocenters. The van der Waals surface area contributed by atoms with E-state index in [-0.39, 0.29) is 10.8 Å². The second-order valence-corrected chi connectivity index (χ2v) is 7.85. The smallest absolute Gasteiger partial charge is 0.244 e. The van der Waals surface area contributed by atoms with Gasteiger partial charge in [-0.05, 0) is 31.7 Å². The van der Waals surface area contributed by atoms with Crippen LogP contribution in [0.2, 0.25) is 5.02 Å². The summed E-state index contributed by atoms with van der Waals surface area (Å²) >= 11 is 6.08. The molecule has 0 saturated carbocycles. The van der Waals surface area contributed by atoms with E-state index in [9.17, 15) is 8.42 Å². The number of sulfonamides is 1. The Morgan fingerprint density at radius 1 is 1.55 bits per heavy atom. The first kappa shape index (κ1) is 17.5. The molecule has 2 rings (SSSR count). The summed E-state index contributed by atoms with van der Waals surface area (Å²) in [6, 6.07) is 1.44. The van der Waals surface area contributed by atoms with Crippen molar-refractivity contribution in [2.75, 3.05) is 38.7 Å². The van der Waals surface area contributed by atoms with Crippen LogP contribution < -0.4 is 5.32 Å². The van der Waals surface area contributed by atoms with E-state index >= 15 is 0 Å². The summed E-state index contributed by atoms with van der Waals surface area (Å²) in [5.41, 5.74) is 0. The fourth-order valence-corrected chi connectivity index (χ4v) is 3.97. The van der Waals surface area contributed by atoms with Crippen molar-refractivity contribution < 1.29 is 13.2 Å². The normalized spacial score (nSPS) is 19.4. The van der Waals surface area contributed by atoms with Crippen molar-refractivity contribution in [3.05, 3.63) is 17.3 Å². The highest BCUT2D eigenvalue weighted by Crippen LogP contribution is 2.25. The van der Waals surface area contributed by atoms with Gasteiger partial charge in [0, 0.05) is 32.9 Å². The molecule has 1 aromatic heterocycles. The standard InChI is InChI=1S/C14H22ClN3O3S/c1-3-16-14-13(15)7-12(8-17-14)22(19,20)18(2)9-11-5-4-6-21-10-11/h7-8,11H,3-6,9-10H2,1-2H3,(H,16,17). The lowest BCUT2D eigenvalue weighted by Crippen LogP contribution is -2.35. The van der Waals surface area contributed by atoms with Crippen molar-refractivity contribution in [1.82, 2.24) is 9.29 Å². The Morgan fingerprint density at radius 3 is 2.91 bits per heavy atom. The lowest BCUT2D eigenvalue weighted by Gasteiger charge is -2.26. The first-order chi connectivity index (χ1) is 10.4. The largest absolute Gasteiger partial charge is 0.381 e. The van der Waals surface area contributed by atoms with Gasteiger partial charge in [-0.25, -0.2) is 17.7 Å². The number of hydrogen-bond acceptors (Lipinski definition) is 5. The molecule has 0 bridgehead atoms. The highest BCUT2D eigenvalue weighted by molar-refractivity contribution is 7.89. The summed E-state index contributed by atoms with van der Waals surface area (Å²) in [6.45, 7) is 4.40. The van der Waals surface area contributed by atoms with Crippen molar-refractivity contribution >= 4 is 27.4 Å². The molecule has 6 nitrogen and oxygen atoms in total. The molecule has 0 amide bonds. The van der Waals surface area contributed by atoms with Crippen molar-refractivity contribution in [3.8, 4) is 0 Å². The fourth-order valence-electron chi connectivity index (χ4n) is 2.45. The minimum Gasteiger partial charge on any atom is -0.381 e. The SMILES string of the molecule is CCNc1ncc(S(=O)(=O)N(C)CC2CCCOC2)cc1Cl. The van der Waals surface area contributed by atoms with Crippen LogP contribution in [0.25, 0.3) is 0 Å². The third kappa shape index (κ3) is 4.10. The maximum atomic E-state index is 12.6. The van der Waals surface area contributed by atoms with Crippen LogP contribution in [0.5, 0.6) is 0 Å². The van der Waals surface area contributed by atoms with E-state index in [0.29, 0.717) is 30.5 Å². The number of hydrogen-bond donors (Lipinski definition) is 1. The monoisotopic (exact) mass is 347 g/mol. The average molecular weight is 348 g/mol. The molecular weight excluding hydrogens is 326 g/mol. The van der Waals surface area contributed by atoms with Crippen molar-refractivity contribution in [2.24, 2.45) is 5.92 Å². The van der Waals surface area contributed by atoms with Crippen LogP contribution in [-0.4, -0.2) is 51.1 Å². The Labute approximate surface area is 136 Å². The maximum Gasteiger partial charge on any atom is 0.244 e. The van der Waals surface area contributed by atoms with Gasteiger partial charge < -0.3 is 10.1 Å². The molecule has 1 atom stereocenters. The first-order valence-electron chi connectivity index (χ1n) is 7.38. The molecule has 0 radical (unpaired) electrons. The van der Waals surface area contributed by atoms with Gasteiger partial charge in [0.1, 0.15) is 10.7 Å². The van der Waals surface area contributed by atoms with Gasteiger partial charge in [0.05, 0.1) is 11.6 Å².